The van der Waals surface area contributed by atoms with Gasteiger partial charge < -0.3 is 20.1 Å². The molecule has 8 heteroatoms. The van der Waals surface area contributed by atoms with Gasteiger partial charge in [0.15, 0.2) is 0 Å². The van der Waals surface area contributed by atoms with Gasteiger partial charge in [-0.3, -0.25) is 19.5 Å². The van der Waals surface area contributed by atoms with Crippen LogP contribution in [0.4, 0.5) is 5.69 Å². The lowest BCUT2D eigenvalue weighted by Gasteiger charge is -2.35. The second-order valence-corrected chi connectivity index (χ2v) is 7.93. The van der Waals surface area contributed by atoms with Crippen LogP contribution in [0.15, 0.2) is 54.6 Å². The molecule has 1 saturated heterocycles. The molecule has 1 atom stereocenters. The summed E-state index contributed by atoms with van der Waals surface area (Å²) in [6.45, 7) is 4.92. The topological polar surface area (TPSA) is 92.8 Å². The molecule has 172 valence electrons. The van der Waals surface area contributed by atoms with Crippen LogP contribution in [0.3, 0.4) is 0 Å². The number of hydrogen-bond donors (Lipinski definition) is 2. The number of nitrogens with one attached hydrogen (secondary N) is 2. The van der Waals surface area contributed by atoms with Crippen molar-refractivity contribution in [3.05, 3.63) is 65.9 Å². The van der Waals surface area contributed by atoms with Crippen molar-refractivity contribution in [3.63, 3.8) is 0 Å². The quantitative estimate of drug-likeness (QED) is 0.564. The van der Waals surface area contributed by atoms with E-state index in [0.29, 0.717) is 25.4 Å². The average Bonchev–Trinajstić information content (AvgIpc) is 2.85. The summed E-state index contributed by atoms with van der Waals surface area (Å²) in [7, 11) is 1.63. The summed E-state index contributed by atoms with van der Waals surface area (Å²) in [5, 5.41) is 6.34. The van der Waals surface area contributed by atoms with Crippen molar-refractivity contribution < 1.29 is 19.1 Å². The molecule has 2 amide bonds. The number of amides is 2. The Bertz CT molecular complexity index is 1130. The van der Waals surface area contributed by atoms with Crippen molar-refractivity contribution in [2.75, 3.05) is 45.3 Å². The van der Waals surface area contributed by atoms with E-state index in [1.54, 1.807) is 13.2 Å². The molecule has 1 unspecified atom stereocenters. The lowest BCUT2D eigenvalue weighted by molar-refractivity contribution is -0.136. The number of nitrogens with zero attached hydrogens (tertiary/aromatic N) is 2. The van der Waals surface area contributed by atoms with E-state index in [1.807, 2.05) is 55.5 Å². The summed E-state index contributed by atoms with van der Waals surface area (Å²) in [4.78, 5) is 32.1. The van der Waals surface area contributed by atoms with E-state index in [2.05, 4.69) is 20.5 Å². The first-order valence-electron chi connectivity index (χ1n) is 11.0. The molecule has 0 spiro atoms. The molecular weight excluding hydrogens is 420 g/mol. The molecule has 8 nitrogen and oxygen atoms in total. The van der Waals surface area contributed by atoms with E-state index in [9.17, 15) is 9.59 Å². The van der Waals surface area contributed by atoms with Crippen LogP contribution in [0.5, 0.6) is 5.75 Å². The number of anilines is 1. The fourth-order valence-corrected chi connectivity index (χ4v) is 4.03. The highest BCUT2D eigenvalue weighted by molar-refractivity contribution is 6.40. The van der Waals surface area contributed by atoms with Crippen molar-refractivity contribution >= 4 is 28.4 Å². The first-order valence-corrected chi connectivity index (χ1v) is 11.0. The molecule has 2 N–H and O–H groups in total. The second-order valence-electron chi connectivity index (χ2n) is 7.93. The Balaban J connectivity index is 1.46. The van der Waals surface area contributed by atoms with Gasteiger partial charge in [0.1, 0.15) is 5.75 Å². The highest BCUT2D eigenvalue weighted by atomic mass is 16.5. The highest BCUT2D eigenvalue weighted by Gasteiger charge is 2.25. The fourth-order valence-electron chi connectivity index (χ4n) is 4.03. The van der Waals surface area contributed by atoms with E-state index in [1.165, 1.54) is 0 Å². The number of fused-ring (bicyclic) bond motifs is 1. The molecule has 3 aromatic rings. The Morgan fingerprint density at radius 3 is 2.55 bits per heavy atom. The fraction of sp³-hybridized carbons (Fsp3) is 0.320. The van der Waals surface area contributed by atoms with E-state index in [4.69, 9.17) is 9.47 Å². The number of pyridine rings is 1. The van der Waals surface area contributed by atoms with Crippen LogP contribution in [0.25, 0.3) is 10.9 Å². The van der Waals surface area contributed by atoms with Gasteiger partial charge in [0.05, 0.1) is 37.6 Å². The van der Waals surface area contributed by atoms with Crippen LogP contribution in [-0.4, -0.2) is 61.7 Å². The molecule has 2 aromatic carbocycles. The molecular formula is C25H28N4O4. The van der Waals surface area contributed by atoms with Crippen LogP contribution >= 0.6 is 0 Å². The lowest BCUT2D eigenvalue weighted by Crippen LogP contribution is -2.45. The molecule has 4 rings (SSSR count). The third-order valence-electron chi connectivity index (χ3n) is 5.74. The van der Waals surface area contributed by atoms with Gasteiger partial charge in [0.2, 0.25) is 0 Å². The largest absolute Gasteiger partial charge is 0.497 e. The van der Waals surface area contributed by atoms with Crippen LogP contribution in [0, 0.1) is 6.92 Å². The van der Waals surface area contributed by atoms with Gasteiger partial charge >= 0.3 is 11.8 Å². The van der Waals surface area contributed by atoms with Crippen LogP contribution in [0.2, 0.25) is 0 Å². The average molecular weight is 449 g/mol. The van der Waals surface area contributed by atoms with Crippen molar-refractivity contribution in [3.8, 4) is 5.75 Å². The van der Waals surface area contributed by atoms with Crippen LogP contribution in [-0.2, 0) is 14.3 Å². The number of aromatic nitrogens is 1. The SMILES string of the molecule is COc1ccc(C(CNC(=O)C(=O)Nc2cc(C)nc3ccccc23)N2CCOCC2)cc1. The molecule has 1 aliphatic rings. The summed E-state index contributed by atoms with van der Waals surface area (Å²) >= 11 is 0. The van der Waals surface area contributed by atoms with Crippen molar-refractivity contribution in [1.29, 1.82) is 0 Å². The minimum atomic E-state index is -0.707. The van der Waals surface area contributed by atoms with Crippen molar-refractivity contribution in [1.82, 2.24) is 15.2 Å². The first-order chi connectivity index (χ1) is 16.0. The minimum absolute atomic E-state index is 0.0828. The Morgan fingerprint density at radius 2 is 1.82 bits per heavy atom. The van der Waals surface area contributed by atoms with Gasteiger partial charge in [-0.05, 0) is 36.8 Å². The molecule has 1 aromatic heterocycles. The lowest BCUT2D eigenvalue weighted by atomic mass is 10.0. The summed E-state index contributed by atoms with van der Waals surface area (Å²) in [6, 6.07) is 16.9. The number of para-hydroxylation sites is 1. The number of morpholine rings is 1. The third-order valence-corrected chi connectivity index (χ3v) is 5.74. The van der Waals surface area contributed by atoms with Gasteiger partial charge in [0, 0.05) is 30.7 Å². The summed E-state index contributed by atoms with van der Waals surface area (Å²) in [5.74, 6) is -0.621. The monoisotopic (exact) mass is 448 g/mol. The molecule has 2 heterocycles. The Kier molecular flexibility index (Phi) is 7.16. The summed E-state index contributed by atoms with van der Waals surface area (Å²) in [5.41, 5.74) is 3.13. The predicted octanol–water partition coefficient (Wildman–Crippen LogP) is 2.68. The number of carbonyl (C=O) groups is 2. The number of hydrogen-bond acceptors (Lipinski definition) is 6. The predicted molar refractivity (Wildman–Crippen MR) is 126 cm³/mol. The standard InChI is InChI=1S/C25H28N4O4/c1-17-15-22(20-5-3-4-6-21(20)27-17)28-25(31)24(30)26-16-23(29-11-13-33-14-12-29)18-7-9-19(32-2)10-8-18/h3-10,15,23H,11-14,16H2,1-2H3,(H,26,30)(H,27,28,31). The van der Waals surface area contributed by atoms with E-state index in [-0.39, 0.29) is 6.04 Å². The van der Waals surface area contributed by atoms with E-state index >= 15 is 0 Å². The summed E-state index contributed by atoms with van der Waals surface area (Å²) < 4.78 is 10.7. The second kappa shape index (κ2) is 10.4. The summed E-state index contributed by atoms with van der Waals surface area (Å²) in [6.07, 6.45) is 0. The van der Waals surface area contributed by atoms with E-state index in [0.717, 1.165) is 41.0 Å². The number of methoxy groups -OCH3 is 1. The Labute approximate surface area is 192 Å². The third kappa shape index (κ3) is 5.47. The van der Waals surface area contributed by atoms with Gasteiger partial charge in [-0.1, -0.05) is 30.3 Å². The zero-order chi connectivity index (χ0) is 23.2. The van der Waals surface area contributed by atoms with Crippen molar-refractivity contribution in [2.24, 2.45) is 0 Å². The number of rotatable bonds is 6. The van der Waals surface area contributed by atoms with Crippen molar-refractivity contribution in [2.45, 2.75) is 13.0 Å². The number of benzene rings is 2. The Hall–Kier alpha value is -3.49. The maximum absolute atomic E-state index is 12.7. The maximum Gasteiger partial charge on any atom is 0.313 e. The number of carbonyl (C=O) groups excluding carboxylic acids is 2. The zero-order valence-electron chi connectivity index (χ0n) is 18.8. The molecule has 33 heavy (non-hydrogen) atoms. The molecule has 0 saturated carbocycles. The molecule has 0 radical (unpaired) electrons. The normalized spacial score (nSPS) is 15.1. The molecule has 0 bridgehead atoms. The smallest absolute Gasteiger partial charge is 0.313 e. The van der Waals surface area contributed by atoms with Crippen LogP contribution < -0.4 is 15.4 Å². The highest BCUT2D eigenvalue weighted by Crippen LogP contribution is 2.24. The van der Waals surface area contributed by atoms with Gasteiger partial charge in [-0.2, -0.15) is 0 Å². The maximum atomic E-state index is 12.7. The van der Waals surface area contributed by atoms with Crippen LogP contribution in [0.1, 0.15) is 17.3 Å². The van der Waals surface area contributed by atoms with E-state index < -0.39 is 11.8 Å². The zero-order valence-corrected chi connectivity index (χ0v) is 18.8. The molecule has 0 aliphatic carbocycles. The first kappa shape index (κ1) is 22.7. The molecule has 1 fully saturated rings. The Morgan fingerprint density at radius 1 is 1.09 bits per heavy atom. The minimum Gasteiger partial charge on any atom is -0.497 e. The number of ether oxygens (including phenoxy) is 2. The molecule has 1 aliphatic heterocycles. The van der Waals surface area contributed by atoms with Gasteiger partial charge in [0.25, 0.3) is 0 Å². The van der Waals surface area contributed by atoms with Gasteiger partial charge in [-0.15, -0.1) is 0 Å². The number of aryl methyl sites for hydroxylation is 1. The van der Waals surface area contributed by atoms with Gasteiger partial charge in [-0.25, -0.2) is 0 Å².